The van der Waals surface area contributed by atoms with Gasteiger partial charge in [0, 0.05) is 19.8 Å². The van der Waals surface area contributed by atoms with Crippen molar-refractivity contribution in [1.29, 1.82) is 0 Å². The Labute approximate surface area is 151 Å². The summed E-state index contributed by atoms with van der Waals surface area (Å²) in [6, 6.07) is 11.5. The molecule has 9 heteroatoms. The molecule has 2 rings (SSSR count). The first-order valence-electron chi connectivity index (χ1n) is 7.52. The molecule has 0 aromatic heterocycles. The van der Waals surface area contributed by atoms with Gasteiger partial charge in [0.2, 0.25) is 10.0 Å². The van der Waals surface area contributed by atoms with Crippen molar-refractivity contribution in [3.63, 3.8) is 0 Å². The highest BCUT2D eigenvalue weighted by atomic mass is 32.2. The summed E-state index contributed by atoms with van der Waals surface area (Å²) in [6.07, 6.45) is 1.34. The Balaban J connectivity index is 1.91. The molecule has 138 valence electrons. The van der Waals surface area contributed by atoms with Crippen molar-refractivity contribution < 1.29 is 22.4 Å². The number of amides is 1. The number of sulfonamides is 1. The van der Waals surface area contributed by atoms with E-state index >= 15 is 0 Å². The van der Waals surface area contributed by atoms with Crippen LogP contribution in [0.2, 0.25) is 0 Å². The van der Waals surface area contributed by atoms with Gasteiger partial charge in [0.1, 0.15) is 5.82 Å². The van der Waals surface area contributed by atoms with E-state index in [4.69, 9.17) is 4.84 Å². The first kappa shape index (κ1) is 19.5. The lowest BCUT2D eigenvalue weighted by atomic mass is 10.2. The predicted octanol–water partition coefficient (Wildman–Crippen LogP) is 2.07. The summed E-state index contributed by atoms with van der Waals surface area (Å²) in [4.78, 5) is 16.8. The van der Waals surface area contributed by atoms with Crippen LogP contribution in [0.25, 0.3) is 0 Å². The molecule has 26 heavy (non-hydrogen) atoms. The van der Waals surface area contributed by atoms with Crippen LogP contribution in [0.3, 0.4) is 0 Å². The van der Waals surface area contributed by atoms with E-state index in [9.17, 15) is 17.6 Å². The zero-order valence-electron chi connectivity index (χ0n) is 14.2. The highest BCUT2D eigenvalue weighted by Crippen LogP contribution is 2.17. The van der Waals surface area contributed by atoms with E-state index in [1.165, 1.54) is 62.8 Å². The van der Waals surface area contributed by atoms with Gasteiger partial charge in [-0.3, -0.25) is 4.79 Å². The molecule has 0 unspecified atom stereocenters. The molecule has 0 saturated carbocycles. The summed E-state index contributed by atoms with van der Waals surface area (Å²) in [5.41, 5.74) is 0.942. The molecule has 0 aliphatic heterocycles. The van der Waals surface area contributed by atoms with Gasteiger partial charge in [-0.1, -0.05) is 23.4 Å². The standard InChI is InChI=1S/C17H18FN3O4S/c1-21(2)26(23,24)16-5-3-4-15(10-16)20-17(22)12-25-19-11-13-6-8-14(18)9-7-13/h3-11H,12H2,1-2H3,(H,20,22)/b19-11-. The van der Waals surface area contributed by atoms with Crippen molar-refractivity contribution in [2.75, 3.05) is 26.0 Å². The number of hydrogen-bond acceptors (Lipinski definition) is 5. The Morgan fingerprint density at radius 3 is 2.58 bits per heavy atom. The number of nitrogens with zero attached hydrogens (tertiary/aromatic N) is 2. The topological polar surface area (TPSA) is 88.1 Å². The second-order valence-corrected chi connectivity index (χ2v) is 7.57. The number of rotatable bonds is 7. The number of oxime groups is 1. The highest BCUT2D eigenvalue weighted by Gasteiger charge is 2.17. The van der Waals surface area contributed by atoms with E-state index in [0.717, 1.165) is 4.31 Å². The van der Waals surface area contributed by atoms with Crippen LogP contribution >= 0.6 is 0 Å². The normalized spacial score (nSPS) is 11.7. The Kier molecular flexibility index (Phi) is 6.42. The van der Waals surface area contributed by atoms with Crippen LogP contribution in [0.1, 0.15) is 5.56 Å². The summed E-state index contributed by atoms with van der Waals surface area (Å²) in [6.45, 7) is -0.359. The number of nitrogens with one attached hydrogen (secondary N) is 1. The third kappa shape index (κ3) is 5.36. The maximum atomic E-state index is 12.8. The Morgan fingerprint density at radius 1 is 1.23 bits per heavy atom. The van der Waals surface area contributed by atoms with Gasteiger partial charge in [-0.05, 0) is 35.9 Å². The molecule has 2 aromatic carbocycles. The van der Waals surface area contributed by atoms with Crippen LogP contribution in [0, 0.1) is 5.82 Å². The predicted molar refractivity (Wildman–Crippen MR) is 95.9 cm³/mol. The first-order valence-corrected chi connectivity index (χ1v) is 8.96. The van der Waals surface area contributed by atoms with Gasteiger partial charge >= 0.3 is 0 Å². The third-order valence-corrected chi connectivity index (χ3v) is 5.05. The quantitative estimate of drug-likeness (QED) is 0.589. The number of benzene rings is 2. The van der Waals surface area contributed by atoms with Crippen LogP contribution in [-0.2, 0) is 19.7 Å². The average molecular weight is 379 g/mol. The van der Waals surface area contributed by atoms with Crippen molar-refractivity contribution in [3.8, 4) is 0 Å². The molecule has 0 saturated heterocycles. The van der Waals surface area contributed by atoms with Gasteiger partial charge in [0.25, 0.3) is 5.91 Å². The fraction of sp³-hybridized carbons (Fsp3) is 0.176. The van der Waals surface area contributed by atoms with Crippen LogP contribution in [-0.4, -0.2) is 45.5 Å². The van der Waals surface area contributed by atoms with Crippen molar-refractivity contribution in [2.24, 2.45) is 5.16 Å². The molecule has 0 fully saturated rings. The summed E-state index contributed by atoms with van der Waals surface area (Å²) >= 11 is 0. The molecule has 7 nitrogen and oxygen atoms in total. The molecule has 1 amide bonds. The van der Waals surface area contributed by atoms with E-state index in [2.05, 4.69) is 10.5 Å². The van der Waals surface area contributed by atoms with Gasteiger partial charge in [0.15, 0.2) is 6.61 Å². The van der Waals surface area contributed by atoms with E-state index in [0.29, 0.717) is 11.3 Å². The minimum absolute atomic E-state index is 0.0653. The number of carbonyl (C=O) groups excluding carboxylic acids is 1. The number of hydrogen-bond donors (Lipinski definition) is 1. The maximum absolute atomic E-state index is 12.8. The fourth-order valence-corrected chi connectivity index (χ4v) is 2.83. The van der Waals surface area contributed by atoms with Gasteiger partial charge in [0.05, 0.1) is 11.1 Å². The Morgan fingerprint density at radius 2 is 1.92 bits per heavy atom. The summed E-state index contributed by atoms with van der Waals surface area (Å²) in [5, 5.41) is 6.15. The number of halogens is 1. The summed E-state index contributed by atoms with van der Waals surface area (Å²) < 4.78 is 38.0. The molecule has 0 bridgehead atoms. The minimum atomic E-state index is -3.59. The first-order chi connectivity index (χ1) is 12.3. The van der Waals surface area contributed by atoms with E-state index in [1.54, 1.807) is 6.07 Å². The molecule has 1 N–H and O–H groups in total. The summed E-state index contributed by atoms with van der Waals surface area (Å²) in [5.74, 6) is -0.860. The van der Waals surface area contributed by atoms with Crippen molar-refractivity contribution in [1.82, 2.24) is 4.31 Å². The molecular formula is C17H18FN3O4S. The smallest absolute Gasteiger partial charge is 0.265 e. The molecule has 0 aliphatic rings. The minimum Gasteiger partial charge on any atom is -0.386 e. The largest absolute Gasteiger partial charge is 0.386 e. The van der Waals surface area contributed by atoms with Gasteiger partial charge < -0.3 is 10.2 Å². The molecule has 0 spiro atoms. The molecule has 0 radical (unpaired) electrons. The van der Waals surface area contributed by atoms with Crippen LogP contribution in [0.4, 0.5) is 10.1 Å². The van der Waals surface area contributed by atoms with Crippen LogP contribution in [0.5, 0.6) is 0 Å². The zero-order chi connectivity index (χ0) is 19.2. The van der Waals surface area contributed by atoms with E-state index in [-0.39, 0.29) is 17.3 Å². The lowest BCUT2D eigenvalue weighted by Gasteiger charge is -2.12. The second-order valence-electron chi connectivity index (χ2n) is 5.42. The summed E-state index contributed by atoms with van der Waals surface area (Å²) in [7, 11) is -0.741. The highest BCUT2D eigenvalue weighted by molar-refractivity contribution is 7.89. The molecule has 0 atom stereocenters. The Hall–Kier alpha value is -2.78. The monoisotopic (exact) mass is 379 g/mol. The molecule has 2 aromatic rings. The maximum Gasteiger partial charge on any atom is 0.265 e. The lowest BCUT2D eigenvalue weighted by molar-refractivity contribution is -0.120. The van der Waals surface area contributed by atoms with Gasteiger partial charge in [-0.2, -0.15) is 0 Å². The molecule has 0 aliphatic carbocycles. The number of carbonyl (C=O) groups is 1. The average Bonchev–Trinajstić information content (AvgIpc) is 2.60. The van der Waals surface area contributed by atoms with Crippen LogP contribution < -0.4 is 5.32 Å². The third-order valence-electron chi connectivity index (χ3n) is 3.24. The Bertz CT molecular complexity index is 896. The van der Waals surface area contributed by atoms with E-state index < -0.39 is 15.9 Å². The molecule has 0 heterocycles. The fourth-order valence-electron chi connectivity index (χ4n) is 1.89. The van der Waals surface area contributed by atoms with Gasteiger partial charge in [-0.15, -0.1) is 0 Å². The SMILES string of the molecule is CN(C)S(=O)(=O)c1cccc(NC(=O)CO/N=C\c2ccc(F)cc2)c1. The van der Waals surface area contributed by atoms with Crippen LogP contribution in [0.15, 0.2) is 58.6 Å². The molecular weight excluding hydrogens is 361 g/mol. The second kappa shape index (κ2) is 8.54. The lowest BCUT2D eigenvalue weighted by Crippen LogP contribution is -2.22. The van der Waals surface area contributed by atoms with E-state index in [1.807, 2.05) is 0 Å². The zero-order valence-corrected chi connectivity index (χ0v) is 15.0. The van der Waals surface area contributed by atoms with Crippen molar-refractivity contribution in [3.05, 3.63) is 59.9 Å². The van der Waals surface area contributed by atoms with Crippen molar-refractivity contribution >= 4 is 27.8 Å². The van der Waals surface area contributed by atoms with Crippen molar-refractivity contribution in [2.45, 2.75) is 4.90 Å². The number of anilines is 1. The van der Waals surface area contributed by atoms with Gasteiger partial charge in [-0.25, -0.2) is 17.1 Å².